The molecule has 0 spiro atoms. The van der Waals surface area contributed by atoms with E-state index >= 15 is 0 Å². The van der Waals surface area contributed by atoms with Crippen LogP contribution < -0.4 is 15.0 Å². The summed E-state index contributed by atoms with van der Waals surface area (Å²) in [7, 11) is -2.25. The molecule has 3 aromatic carbocycles. The number of methoxy groups -OCH3 is 1. The molecule has 4 aromatic rings. The van der Waals surface area contributed by atoms with Gasteiger partial charge in [0.2, 0.25) is 15.6 Å². The van der Waals surface area contributed by atoms with Gasteiger partial charge >= 0.3 is 6.18 Å². The predicted molar refractivity (Wildman–Crippen MR) is 126 cm³/mol. The monoisotopic (exact) mass is 502 g/mol. The molecule has 6 nitrogen and oxygen atoms in total. The lowest BCUT2D eigenvalue weighted by molar-refractivity contribution is -0.136. The van der Waals surface area contributed by atoms with Gasteiger partial charge in [0.05, 0.1) is 17.6 Å². The summed E-state index contributed by atoms with van der Waals surface area (Å²) >= 11 is 0. The van der Waals surface area contributed by atoms with E-state index in [1.165, 1.54) is 31.4 Å². The van der Waals surface area contributed by atoms with E-state index in [2.05, 4.69) is 9.71 Å². The van der Waals surface area contributed by atoms with Crippen LogP contribution in [0.5, 0.6) is 5.75 Å². The third-order valence-electron chi connectivity index (χ3n) is 5.46. The number of halogens is 3. The quantitative estimate of drug-likeness (QED) is 0.386. The highest BCUT2D eigenvalue weighted by atomic mass is 32.2. The fourth-order valence-electron chi connectivity index (χ4n) is 3.71. The van der Waals surface area contributed by atoms with E-state index in [0.717, 1.165) is 5.56 Å². The van der Waals surface area contributed by atoms with Crippen LogP contribution in [0, 0.1) is 0 Å². The summed E-state index contributed by atoms with van der Waals surface area (Å²) in [6.07, 6.45) is -4.39. The molecule has 0 aliphatic rings. The standard InChI is InChI=1S/C25H21F3N2O4S/c1-34-19-4-2-3-18(12-19)15-29-35(32,33)20-8-5-16(6-9-20)11-17-7-10-23-21(13-17)22(25(26,27)28)14-24(31)30-23/h2-10,12-14,29H,11,15H2,1H3,(H,30,31). The van der Waals surface area contributed by atoms with Crippen molar-refractivity contribution in [1.29, 1.82) is 0 Å². The smallest absolute Gasteiger partial charge is 0.417 e. The van der Waals surface area contributed by atoms with Gasteiger partial charge < -0.3 is 9.72 Å². The SMILES string of the molecule is COc1cccc(CNS(=O)(=O)c2ccc(Cc3ccc4[nH]c(=O)cc(C(F)(F)F)c4c3)cc2)c1. The Bertz CT molecular complexity index is 1530. The molecule has 35 heavy (non-hydrogen) atoms. The van der Waals surface area contributed by atoms with Gasteiger partial charge in [-0.25, -0.2) is 13.1 Å². The molecule has 0 saturated carbocycles. The number of pyridine rings is 1. The van der Waals surface area contributed by atoms with Crippen molar-refractivity contribution in [3.8, 4) is 5.75 Å². The zero-order valence-electron chi connectivity index (χ0n) is 18.5. The molecule has 1 heterocycles. The molecule has 0 unspecified atom stereocenters. The van der Waals surface area contributed by atoms with Crippen molar-refractivity contribution in [1.82, 2.24) is 9.71 Å². The minimum Gasteiger partial charge on any atom is -0.497 e. The minimum atomic E-state index is -4.67. The number of benzene rings is 3. The first-order valence-electron chi connectivity index (χ1n) is 10.5. The van der Waals surface area contributed by atoms with Gasteiger partial charge in [-0.15, -0.1) is 0 Å². The second-order valence-corrected chi connectivity index (χ2v) is 9.69. The Morgan fingerprint density at radius 2 is 1.63 bits per heavy atom. The molecule has 0 bridgehead atoms. The first-order valence-corrected chi connectivity index (χ1v) is 12.0. The Hall–Kier alpha value is -3.63. The highest BCUT2D eigenvalue weighted by molar-refractivity contribution is 7.89. The lowest BCUT2D eigenvalue weighted by atomic mass is 10.0. The number of H-pyrrole nitrogens is 1. The Balaban J connectivity index is 1.52. The molecule has 0 fully saturated rings. The topological polar surface area (TPSA) is 88.3 Å². The normalized spacial score (nSPS) is 12.1. The number of ether oxygens (including phenoxy) is 1. The number of aromatic amines is 1. The van der Waals surface area contributed by atoms with Crippen LogP contribution in [0.3, 0.4) is 0 Å². The molecular formula is C25H21F3N2O4S. The Kier molecular flexibility index (Phi) is 6.68. The summed E-state index contributed by atoms with van der Waals surface area (Å²) in [5, 5.41) is -0.101. The number of rotatable bonds is 7. The van der Waals surface area contributed by atoms with Gasteiger partial charge in [-0.3, -0.25) is 4.79 Å². The van der Waals surface area contributed by atoms with E-state index in [9.17, 15) is 26.4 Å². The van der Waals surface area contributed by atoms with Crippen LogP contribution in [0.15, 0.2) is 82.5 Å². The van der Waals surface area contributed by atoms with Gasteiger partial charge in [-0.1, -0.05) is 30.3 Å². The molecule has 0 aliphatic heterocycles. The summed E-state index contributed by atoms with van der Waals surface area (Å²) < 4.78 is 73.2. The van der Waals surface area contributed by atoms with Crippen molar-refractivity contribution in [2.24, 2.45) is 0 Å². The summed E-state index contributed by atoms with van der Waals surface area (Å²) in [6.45, 7) is 0.0853. The second kappa shape index (κ2) is 9.55. The maximum absolute atomic E-state index is 13.4. The average molecular weight is 503 g/mol. The molecule has 0 atom stereocenters. The Morgan fingerprint density at radius 1 is 0.914 bits per heavy atom. The van der Waals surface area contributed by atoms with E-state index in [1.54, 1.807) is 42.5 Å². The van der Waals surface area contributed by atoms with Crippen LogP contribution in [0.25, 0.3) is 10.9 Å². The molecule has 1 aromatic heterocycles. The van der Waals surface area contributed by atoms with Gasteiger partial charge in [0.1, 0.15) is 5.75 Å². The lowest BCUT2D eigenvalue weighted by Gasteiger charge is -2.12. The fourth-order valence-corrected chi connectivity index (χ4v) is 4.73. The van der Waals surface area contributed by atoms with E-state index in [4.69, 9.17) is 4.74 Å². The van der Waals surface area contributed by atoms with Gasteiger partial charge in [0.25, 0.3) is 0 Å². The van der Waals surface area contributed by atoms with E-state index < -0.39 is 27.3 Å². The zero-order valence-corrected chi connectivity index (χ0v) is 19.3. The van der Waals surface area contributed by atoms with Crippen molar-refractivity contribution in [2.45, 2.75) is 24.0 Å². The summed E-state index contributed by atoms with van der Waals surface area (Å²) in [4.78, 5) is 14.1. The van der Waals surface area contributed by atoms with Crippen LogP contribution in [-0.4, -0.2) is 20.5 Å². The number of aromatic nitrogens is 1. The van der Waals surface area contributed by atoms with Gasteiger partial charge in [0, 0.05) is 23.5 Å². The highest BCUT2D eigenvalue weighted by Crippen LogP contribution is 2.33. The third kappa shape index (κ3) is 5.72. The molecule has 0 amide bonds. The molecular weight excluding hydrogens is 481 g/mol. The van der Waals surface area contributed by atoms with E-state index in [0.29, 0.717) is 22.9 Å². The Labute approximate surface area is 199 Å². The molecule has 4 rings (SSSR count). The molecule has 10 heteroatoms. The van der Waals surface area contributed by atoms with Crippen molar-refractivity contribution < 1.29 is 26.3 Å². The summed E-state index contributed by atoms with van der Waals surface area (Å²) in [6, 6.07) is 18.1. The number of fused-ring (bicyclic) bond motifs is 1. The Morgan fingerprint density at radius 3 is 2.31 bits per heavy atom. The lowest BCUT2D eigenvalue weighted by Crippen LogP contribution is -2.23. The van der Waals surface area contributed by atoms with Crippen LogP contribution in [-0.2, 0) is 29.2 Å². The number of nitrogens with one attached hydrogen (secondary N) is 2. The maximum Gasteiger partial charge on any atom is 0.417 e. The van der Waals surface area contributed by atoms with Crippen LogP contribution in [0.2, 0.25) is 0 Å². The second-order valence-electron chi connectivity index (χ2n) is 7.92. The van der Waals surface area contributed by atoms with E-state index in [1.807, 2.05) is 0 Å². The van der Waals surface area contributed by atoms with Crippen LogP contribution in [0.4, 0.5) is 13.2 Å². The highest BCUT2D eigenvalue weighted by Gasteiger charge is 2.33. The number of sulfonamides is 1. The van der Waals surface area contributed by atoms with Crippen molar-refractivity contribution in [3.63, 3.8) is 0 Å². The molecule has 0 saturated heterocycles. The number of hydrogen-bond acceptors (Lipinski definition) is 4. The summed E-state index contributed by atoms with van der Waals surface area (Å²) in [5.41, 5.74) is 0.310. The molecule has 0 radical (unpaired) electrons. The van der Waals surface area contributed by atoms with Crippen molar-refractivity contribution >= 4 is 20.9 Å². The van der Waals surface area contributed by atoms with Crippen LogP contribution in [0.1, 0.15) is 22.3 Å². The van der Waals surface area contributed by atoms with Gasteiger partial charge in [-0.2, -0.15) is 13.2 Å². The molecule has 2 N–H and O–H groups in total. The van der Waals surface area contributed by atoms with Crippen molar-refractivity contribution in [3.05, 3.63) is 105 Å². The maximum atomic E-state index is 13.4. The first kappa shape index (κ1) is 24.5. The number of alkyl halides is 3. The third-order valence-corrected chi connectivity index (χ3v) is 6.87. The minimum absolute atomic E-state index is 0.0691. The predicted octanol–water partition coefficient (Wildman–Crippen LogP) is 4.62. The summed E-state index contributed by atoms with van der Waals surface area (Å²) in [5.74, 6) is 0.619. The molecule has 0 aliphatic carbocycles. The zero-order chi connectivity index (χ0) is 25.2. The fraction of sp³-hybridized carbons (Fsp3) is 0.160. The largest absolute Gasteiger partial charge is 0.497 e. The van der Waals surface area contributed by atoms with Gasteiger partial charge in [-0.05, 0) is 59.5 Å². The first-order chi connectivity index (χ1) is 16.5. The van der Waals surface area contributed by atoms with Gasteiger partial charge in [0.15, 0.2) is 0 Å². The molecule has 182 valence electrons. The average Bonchev–Trinajstić information content (AvgIpc) is 2.82. The number of hydrogen-bond donors (Lipinski definition) is 2. The van der Waals surface area contributed by atoms with Crippen molar-refractivity contribution in [2.75, 3.05) is 7.11 Å². The van der Waals surface area contributed by atoms with Crippen LogP contribution >= 0.6 is 0 Å². The van der Waals surface area contributed by atoms with E-state index in [-0.39, 0.29) is 28.8 Å².